The molecule has 1 saturated heterocycles. The first-order valence-electron chi connectivity index (χ1n) is 8.01. The van der Waals surface area contributed by atoms with Gasteiger partial charge in [-0.15, -0.1) is 0 Å². The number of benzene rings is 1. The van der Waals surface area contributed by atoms with Gasteiger partial charge in [-0.1, -0.05) is 18.2 Å². The Bertz CT molecular complexity index is 706. The van der Waals surface area contributed by atoms with Crippen molar-refractivity contribution >= 4 is 28.6 Å². The number of fused-ring (bicyclic) bond motifs is 1. The molecular formula is C18H24N4S. The number of hydrogen-bond donors (Lipinski definition) is 1. The minimum atomic E-state index is 0.277. The van der Waals surface area contributed by atoms with Gasteiger partial charge < -0.3 is 10.2 Å². The monoisotopic (exact) mass is 328 g/mol. The summed E-state index contributed by atoms with van der Waals surface area (Å²) in [6.45, 7) is 7.43. The number of nitrogens with zero attached hydrogens (tertiary/aromatic N) is 3. The molecule has 4 nitrogen and oxygen atoms in total. The molecule has 2 aromatic rings. The van der Waals surface area contributed by atoms with Crippen LogP contribution in [0.2, 0.25) is 0 Å². The molecule has 1 aliphatic rings. The highest BCUT2D eigenvalue weighted by molar-refractivity contribution is 8.00. The van der Waals surface area contributed by atoms with Gasteiger partial charge in [-0.25, -0.2) is 0 Å². The zero-order valence-corrected chi connectivity index (χ0v) is 14.9. The summed E-state index contributed by atoms with van der Waals surface area (Å²) in [5.41, 5.74) is 2.29. The van der Waals surface area contributed by atoms with Gasteiger partial charge in [-0.2, -0.15) is 11.8 Å². The van der Waals surface area contributed by atoms with E-state index >= 15 is 0 Å². The number of pyridine rings is 1. The smallest absolute Gasteiger partial charge is 0.193 e. The molecule has 2 heterocycles. The van der Waals surface area contributed by atoms with Crippen LogP contribution in [0.15, 0.2) is 41.5 Å². The summed E-state index contributed by atoms with van der Waals surface area (Å²) in [4.78, 5) is 11.3. The van der Waals surface area contributed by atoms with E-state index in [9.17, 15) is 0 Å². The van der Waals surface area contributed by atoms with Gasteiger partial charge in [0.05, 0.1) is 5.52 Å². The summed E-state index contributed by atoms with van der Waals surface area (Å²) in [6, 6.07) is 10.4. The summed E-state index contributed by atoms with van der Waals surface area (Å²) in [5, 5.41) is 4.73. The lowest BCUT2D eigenvalue weighted by Gasteiger charge is -2.39. The minimum Gasteiger partial charge on any atom is -0.352 e. The Balaban J connectivity index is 1.73. The number of thioether (sulfide) groups is 1. The Labute approximate surface area is 142 Å². The quantitative estimate of drug-likeness (QED) is 0.679. The van der Waals surface area contributed by atoms with Crippen LogP contribution in [0, 0.1) is 0 Å². The van der Waals surface area contributed by atoms with E-state index in [0.29, 0.717) is 0 Å². The predicted octanol–water partition coefficient (Wildman–Crippen LogP) is 3.14. The Morgan fingerprint density at radius 2 is 2.17 bits per heavy atom. The number of para-hydroxylation sites is 1. The van der Waals surface area contributed by atoms with Crippen molar-refractivity contribution in [3.8, 4) is 0 Å². The highest BCUT2D eigenvalue weighted by atomic mass is 32.2. The zero-order valence-electron chi connectivity index (χ0n) is 14.0. The zero-order chi connectivity index (χ0) is 16.3. The average Bonchev–Trinajstić information content (AvgIpc) is 2.55. The van der Waals surface area contributed by atoms with E-state index in [2.05, 4.69) is 58.3 Å². The van der Waals surface area contributed by atoms with E-state index < -0.39 is 0 Å². The largest absolute Gasteiger partial charge is 0.352 e. The molecule has 1 aliphatic heterocycles. The number of aromatic nitrogens is 1. The maximum atomic E-state index is 4.48. The second kappa shape index (κ2) is 6.79. The average molecular weight is 328 g/mol. The van der Waals surface area contributed by atoms with E-state index in [1.54, 1.807) is 0 Å². The van der Waals surface area contributed by atoms with Gasteiger partial charge in [0.1, 0.15) is 0 Å². The number of nitrogens with one attached hydrogen (secondary N) is 1. The number of rotatable bonds is 2. The van der Waals surface area contributed by atoms with Crippen molar-refractivity contribution in [3.05, 3.63) is 42.1 Å². The third-order valence-electron chi connectivity index (χ3n) is 4.11. The van der Waals surface area contributed by atoms with E-state index in [1.165, 1.54) is 10.9 Å². The molecule has 0 bridgehead atoms. The minimum absolute atomic E-state index is 0.277. The molecule has 23 heavy (non-hydrogen) atoms. The highest BCUT2D eigenvalue weighted by Gasteiger charge is 2.28. The number of hydrogen-bond acceptors (Lipinski definition) is 3. The fourth-order valence-corrected chi connectivity index (χ4v) is 4.12. The molecule has 0 saturated carbocycles. The number of aliphatic imine (C=N–C) groups is 1. The molecule has 1 N–H and O–H groups in total. The van der Waals surface area contributed by atoms with E-state index in [1.807, 2.05) is 31.1 Å². The molecular weight excluding hydrogens is 304 g/mol. The van der Waals surface area contributed by atoms with Crippen molar-refractivity contribution in [1.29, 1.82) is 0 Å². The third-order valence-corrected chi connectivity index (χ3v) is 5.41. The predicted molar refractivity (Wildman–Crippen MR) is 100 cm³/mol. The third kappa shape index (κ3) is 3.78. The molecule has 0 atom stereocenters. The fraction of sp³-hybridized carbons (Fsp3) is 0.444. The lowest BCUT2D eigenvalue weighted by molar-refractivity contribution is 0.376. The van der Waals surface area contributed by atoms with Gasteiger partial charge >= 0.3 is 0 Å². The second-order valence-corrected chi connectivity index (χ2v) is 8.22. The summed E-state index contributed by atoms with van der Waals surface area (Å²) in [6.07, 6.45) is 1.88. The van der Waals surface area contributed by atoms with Gasteiger partial charge in [0, 0.05) is 48.8 Å². The van der Waals surface area contributed by atoms with Crippen molar-refractivity contribution in [1.82, 2.24) is 15.2 Å². The molecule has 1 fully saturated rings. The summed E-state index contributed by atoms with van der Waals surface area (Å²) in [7, 11) is 1.86. The lowest BCUT2D eigenvalue weighted by Crippen LogP contribution is -2.50. The van der Waals surface area contributed by atoms with Crippen LogP contribution in [-0.4, -0.2) is 46.5 Å². The summed E-state index contributed by atoms with van der Waals surface area (Å²) in [5.74, 6) is 2.13. The molecule has 0 amide bonds. The van der Waals surface area contributed by atoms with Crippen LogP contribution >= 0.6 is 11.8 Å². The standard InChI is InChI=1S/C18H24N4S/c1-18(2)13-22(10-11-23-18)17(19-3)21-12-14-8-9-20-16-7-5-4-6-15(14)16/h4-9H,10-13H2,1-3H3,(H,19,21). The van der Waals surface area contributed by atoms with E-state index in [4.69, 9.17) is 0 Å². The molecule has 1 aromatic carbocycles. The van der Waals surface area contributed by atoms with Crippen LogP contribution in [0.1, 0.15) is 19.4 Å². The molecule has 0 aliphatic carbocycles. The Kier molecular flexibility index (Phi) is 4.76. The van der Waals surface area contributed by atoms with Gasteiger partial charge in [-0.3, -0.25) is 9.98 Å². The van der Waals surface area contributed by atoms with Crippen molar-refractivity contribution < 1.29 is 0 Å². The van der Waals surface area contributed by atoms with E-state index in [-0.39, 0.29) is 4.75 Å². The highest BCUT2D eigenvalue weighted by Crippen LogP contribution is 2.29. The van der Waals surface area contributed by atoms with Crippen molar-refractivity contribution in [2.24, 2.45) is 4.99 Å². The van der Waals surface area contributed by atoms with Gasteiger partial charge in [0.25, 0.3) is 0 Å². The molecule has 1 aromatic heterocycles. The van der Waals surface area contributed by atoms with Crippen LogP contribution in [0.4, 0.5) is 0 Å². The van der Waals surface area contributed by atoms with Crippen molar-refractivity contribution in [3.63, 3.8) is 0 Å². The first kappa shape index (κ1) is 16.1. The first-order valence-corrected chi connectivity index (χ1v) is 9.00. The summed E-state index contributed by atoms with van der Waals surface area (Å²) < 4.78 is 0.277. The summed E-state index contributed by atoms with van der Waals surface area (Å²) >= 11 is 2.04. The number of guanidine groups is 1. The van der Waals surface area contributed by atoms with Crippen molar-refractivity contribution in [2.45, 2.75) is 25.1 Å². The van der Waals surface area contributed by atoms with Crippen molar-refractivity contribution in [2.75, 3.05) is 25.9 Å². The SMILES string of the molecule is CN=C(NCc1ccnc2ccccc12)N1CCSC(C)(C)C1. The van der Waals surface area contributed by atoms with Crippen LogP contribution in [-0.2, 0) is 6.54 Å². The second-order valence-electron chi connectivity index (χ2n) is 6.42. The maximum Gasteiger partial charge on any atom is 0.193 e. The molecule has 0 radical (unpaired) electrons. The fourth-order valence-electron chi connectivity index (χ4n) is 3.01. The van der Waals surface area contributed by atoms with Crippen LogP contribution < -0.4 is 5.32 Å². The molecule has 0 spiro atoms. The van der Waals surface area contributed by atoms with E-state index in [0.717, 1.165) is 36.9 Å². The van der Waals surface area contributed by atoms with Crippen LogP contribution in [0.25, 0.3) is 10.9 Å². The van der Waals surface area contributed by atoms with Gasteiger partial charge in [0.15, 0.2) is 5.96 Å². The Morgan fingerprint density at radius 1 is 1.35 bits per heavy atom. The van der Waals surface area contributed by atoms with Gasteiger partial charge in [-0.05, 0) is 31.5 Å². The van der Waals surface area contributed by atoms with Crippen LogP contribution in [0.3, 0.4) is 0 Å². The van der Waals surface area contributed by atoms with Crippen LogP contribution in [0.5, 0.6) is 0 Å². The van der Waals surface area contributed by atoms with Gasteiger partial charge in [0.2, 0.25) is 0 Å². The molecule has 0 unspecified atom stereocenters. The molecule has 5 heteroatoms. The topological polar surface area (TPSA) is 40.5 Å². The Morgan fingerprint density at radius 3 is 2.96 bits per heavy atom. The first-order chi connectivity index (χ1) is 11.1. The maximum absolute atomic E-state index is 4.48. The molecule has 3 rings (SSSR count). The normalized spacial score (nSPS) is 18.2. The Hall–Kier alpha value is -1.75. The molecule has 122 valence electrons. The lowest BCUT2D eigenvalue weighted by atomic mass is 10.1.